The van der Waals surface area contributed by atoms with Crippen LogP contribution in [0.3, 0.4) is 0 Å². The summed E-state index contributed by atoms with van der Waals surface area (Å²) in [6, 6.07) is 27.1. The average Bonchev–Trinajstić information content (AvgIpc) is 3.10. The van der Waals surface area contributed by atoms with Crippen LogP contribution in [-0.4, -0.2) is 68.4 Å². The number of morpholine rings is 1. The number of nitrogens with one attached hydrogen (secondary N) is 1. The molecule has 0 aromatic heterocycles. The van der Waals surface area contributed by atoms with Gasteiger partial charge >= 0.3 is 0 Å². The molecule has 1 aliphatic rings. The smallest absolute Gasteiger partial charge is 0.261 e. The monoisotopic (exact) mass is 679 g/mol. The lowest BCUT2D eigenvalue weighted by Crippen LogP contribution is -2.51. The van der Waals surface area contributed by atoms with Crippen LogP contribution in [0, 0.1) is 5.82 Å². The van der Waals surface area contributed by atoms with Crippen molar-refractivity contribution in [1.29, 1.82) is 0 Å². The number of benzene rings is 4. The maximum Gasteiger partial charge on any atom is 0.261 e. The van der Waals surface area contributed by atoms with Gasteiger partial charge in [0.25, 0.3) is 5.91 Å². The molecule has 4 aromatic carbocycles. The van der Waals surface area contributed by atoms with Crippen molar-refractivity contribution in [2.45, 2.75) is 30.4 Å². The molecule has 0 aliphatic carbocycles. The Morgan fingerprint density at radius 3 is 2.17 bits per heavy atom. The zero-order chi connectivity index (χ0) is 33.2. The maximum absolute atomic E-state index is 13.9. The summed E-state index contributed by atoms with van der Waals surface area (Å²) < 4.78 is 52.2. The normalized spacial score (nSPS) is 14.3. The molecule has 4 aromatic rings. The number of carbonyl (C=O) groups excluding carboxylic acids is 2. The Hall–Kier alpha value is -4.29. The van der Waals surface area contributed by atoms with Crippen molar-refractivity contribution in [1.82, 2.24) is 14.5 Å². The zero-order valence-electron chi connectivity index (χ0n) is 25.6. The van der Waals surface area contributed by atoms with Gasteiger partial charge in [0.15, 0.2) is 6.61 Å². The Morgan fingerprint density at radius 1 is 0.872 bits per heavy atom. The Balaban J connectivity index is 1.35. The number of hydrogen-bond acceptors (Lipinski definition) is 6. The fraction of sp³-hybridized carbons (Fsp3) is 0.257. The molecule has 1 saturated heterocycles. The highest BCUT2D eigenvalue weighted by Crippen LogP contribution is 2.22. The highest BCUT2D eigenvalue weighted by Gasteiger charge is 2.31. The van der Waals surface area contributed by atoms with Crippen LogP contribution in [0.2, 0.25) is 5.02 Å². The topological polar surface area (TPSA) is 105 Å². The number of halogens is 2. The standard InChI is InChI=1S/C35H35ClFN3O6S/c36-29-10-6-27(7-11-29)23-38-35(42)33(22-26-4-2-1-3-5-26)40(24-28-8-12-30(37)13-9-28)34(41)25-46-31-14-16-32(17-15-31)47(43,44)39-18-20-45-21-19-39/h1-17,33H,18-25H2,(H,38,42)/t33-/m1/s1. The lowest BCUT2D eigenvalue weighted by Gasteiger charge is -2.31. The van der Waals surface area contributed by atoms with Crippen LogP contribution in [0.4, 0.5) is 4.39 Å². The van der Waals surface area contributed by atoms with Crippen LogP contribution >= 0.6 is 11.6 Å². The van der Waals surface area contributed by atoms with E-state index < -0.39 is 34.4 Å². The first-order valence-corrected chi connectivity index (χ1v) is 16.9. The molecule has 47 heavy (non-hydrogen) atoms. The third-order valence-corrected chi connectivity index (χ3v) is 9.88. The second-order valence-corrected chi connectivity index (χ2v) is 13.3. The first-order valence-electron chi connectivity index (χ1n) is 15.1. The molecule has 246 valence electrons. The number of hydrogen-bond donors (Lipinski definition) is 1. The maximum atomic E-state index is 13.9. The van der Waals surface area contributed by atoms with E-state index in [1.54, 1.807) is 24.3 Å². The van der Waals surface area contributed by atoms with Crippen molar-refractivity contribution in [2.24, 2.45) is 0 Å². The summed E-state index contributed by atoms with van der Waals surface area (Å²) in [4.78, 5) is 29.2. The van der Waals surface area contributed by atoms with Gasteiger partial charge in [-0.15, -0.1) is 0 Å². The second-order valence-electron chi connectivity index (χ2n) is 11.0. The molecule has 0 unspecified atom stereocenters. The highest BCUT2D eigenvalue weighted by atomic mass is 35.5. The summed E-state index contributed by atoms with van der Waals surface area (Å²) >= 11 is 6.01. The fourth-order valence-corrected chi connectivity index (χ4v) is 6.66. The molecule has 1 fully saturated rings. The third-order valence-electron chi connectivity index (χ3n) is 7.71. The Labute approximate surface area is 278 Å². The Morgan fingerprint density at radius 2 is 1.51 bits per heavy atom. The third kappa shape index (κ3) is 9.39. The molecule has 1 atom stereocenters. The summed E-state index contributed by atoms with van der Waals surface area (Å²) in [7, 11) is -3.69. The van der Waals surface area contributed by atoms with E-state index in [0.29, 0.717) is 23.8 Å². The summed E-state index contributed by atoms with van der Waals surface area (Å²) in [6.07, 6.45) is 0.217. The van der Waals surface area contributed by atoms with Crippen molar-refractivity contribution in [2.75, 3.05) is 32.9 Å². The molecule has 9 nitrogen and oxygen atoms in total. The molecular weight excluding hydrogens is 645 g/mol. The number of sulfonamides is 1. The predicted octanol–water partition coefficient (Wildman–Crippen LogP) is 4.84. The van der Waals surface area contributed by atoms with E-state index in [9.17, 15) is 22.4 Å². The summed E-state index contributed by atoms with van der Waals surface area (Å²) in [5.74, 6) is -0.998. The molecular formula is C35H35ClFN3O6S. The summed E-state index contributed by atoms with van der Waals surface area (Å²) in [5, 5.41) is 3.52. The van der Waals surface area contributed by atoms with E-state index in [2.05, 4.69) is 5.32 Å². The van der Waals surface area contributed by atoms with E-state index in [0.717, 1.165) is 11.1 Å². The zero-order valence-corrected chi connectivity index (χ0v) is 27.1. The van der Waals surface area contributed by atoms with Gasteiger partial charge in [0, 0.05) is 37.6 Å². The minimum Gasteiger partial charge on any atom is -0.484 e. The average molecular weight is 680 g/mol. The fourth-order valence-electron chi connectivity index (χ4n) is 5.12. The first-order chi connectivity index (χ1) is 22.7. The minimum atomic E-state index is -3.69. The van der Waals surface area contributed by atoms with E-state index in [1.165, 1.54) is 45.6 Å². The lowest BCUT2D eigenvalue weighted by molar-refractivity contribution is -0.142. The van der Waals surface area contributed by atoms with Gasteiger partial charge in [0.05, 0.1) is 18.1 Å². The van der Waals surface area contributed by atoms with Crippen molar-refractivity contribution in [3.63, 3.8) is 0 Å². The van der Waals surface area contributed by atoms with E-state index >= 15 is 0 Å². The molecule has 5 rings (SSSR count). The van der Waals surface area contributed by atoms with Crippen molar-refractivity contribution in [3.05, 3.63) is 131 Å². The Kier molecular flexibility index (Phi) is 11.6. The van der Waals surface area contributed by atoms with Gasteiger partial charge < -0.3 is 19.7 Å². The Bertz CT molecular complexity index is 1740. The predicted molar refractivity (Wildman–Crippen MR) is 176 cm³/mol. The highest BCUT2D eigenvalue weighted by molar-refractivity contribution is 7.89. The van der Waals surface area contributed by atoms with Crippen LogP contribution in [0.5, 0.6) is 5.75 Å². The molecule has 0 bridgehead atoms. The molecule has 1 aliphatic heterocycles. The number of carbonyl (C=O) groups is 2. The van der Waals surface area contributed by atoms with Gasteiger partial charge in [0.2, 0.25) is 15.9 Å². The van der Waals surface area contributed by atoms with Crippen LogP contribution in [0.1, 0.15) is 16.7 Å². The quantitative estimate of drug-likeness (QED) is 0.217. The van der Waals surface area contributed by atoms with Gasteiger partial charge in [-0.3, -0.25) is 9.59 Å². The first kappa shape index (κ1) is 34.1. The van der Waals surface area contributed by atoms with Crippen molar-refractivity contribution >= 4 is 33.4 Å². The van der Waals surface area contributed by atoms with Crippen LogP contribution < -0.4 is 10.1 Å². The van der Waals surface area contributed by atoms with Gasteiger partial charge in [-0.25, -0.2) is 12.8 Å². The molecule has 2 amide bonds. The van der Waals surface area contributed by atoms with Crippen LogP contribution in [-0.2, 0) is 43.9 Å². The number of rotatable bonds is 13. The van der Waals surface area contributed by atoms with Crippen molar-refractivity contribution in [3.8, 4) is 5.75 Å². The summed E-state index contributed by atoms with van der Waals surface area (Å²) in [6.45, 7) is 1.03. The van der Waals surface area contributed by atoms with Crippen molar-refractivity contribution < 1.29 is 31.9 Å². The SMILES string of the molecule is O=C(NCc1ccc(Cl)cc1)[C@@H](Cc1ccccc1)N(Cc1ccc(F)cc1)C(=O)COc1ccc(S(=O)(=O)N2CCOCC2)cc1. The second kappa shape index (κ2) is 16.0. The molecule has 0 radical (unpaired) electrons. The number of ether oxygens (including phenoxy) is 2. The van der Waals surface area contributed by atoms with Crippen LogP contribution in [0.25, 0.3) is 0 Å². The molecule has 12 heteroatoms. The molecule has 0 saturated carbocycles. The largest absolute Gasteiger partial charge is 0.484 e. The van der Waals surface area contributed by atoms with Gasteiger partial charge in [-0.05, 0) is 65.2 Å². The van der Waals surface area contributed by atoms with E-state index in [-0.39, 0.29) is 49.2 Å². The lowest BCUT2D eigenvalue weighted by atomic mass is 10.0. The van der Waals surface area contributed by atoms with Crippen LogP contribution in [0.15, 0.2) is 108 Å². The van der Waals surface area contributed by atoms with Gasteiger partial charge in [-0.1, -0.05) is 66.2 Å². The summed E-state index contributed by atoms with van der Waals surface area (Å²) in [5.41, 5.74) is 2.30. The number of nitrogens with zero attached hydrogens (tertiary/aromatic N) is 2. The van der Waals surface area contributed by atoms with E-state index in [4.69, 9.17) is 21.1 Å². The van der Waals surface area contributed by atoms with E-state index in [1.807, 2.05) is 42.5 Å². The molecule has 0 spiro atoms. The number of amides is 2. The van der Waals surface area contributed by atoms with Gasteiger partial charge in [0.1, 0.15) is 17.6 Å². The molecule has 1 heterocycles. The minimum absolute atomic E-state index is 0.0189. The van der Waals surface area contributed by atoms with Gasteiger partial charge in [-0.2, -0.15) is 4.31 Å². The molecule has 1 N–H and O–H groups in total.